The van der Waals surface area contributed by atoms with Crippen LogP contribution in [0.15, 0.2) is 67.1 Å². The maximum atomic E-state index is 12.9. The summed E-state index contributed by atoms with van der Waals surface area (Å²) in [5, 5.41) is 21.2. The quantitative estimate of drug-likeness (QED) is 0.0395. The number of nitrogen functional groups attached to an aromatic ring is 1. The molecule has 0 bridgehead atoms. The van der Waals surface area contributed by atoms with Gasteiger partial charge in [0.1, 0.15) is 51.4 Å². The van der Waals surface area contributed by atoms with Crippen LogP contribution in [0.3, 0.4) is 0 Å². The third-order valence-electron chi connectivity index (χ3n) is 16.6. The number of ketones is 2. The number of carbonyl (C=O) groups is 11. The normalized spacial score (nSPS) is 19.0. The zero-order chi connectivity index (χ0) is 73.4. The minimum absolute atomic E-state index is 0. The van der Waals surface area contributed by atoms with E-state index < -0.39 is 59.7 Å². The number of amides is 6. The summed E-state index contributed by atoms with van der Waals surface area (Å²) in [5.74, 6) is -3.26. The van der Waals surface area contributed by atoms with Gasteiger partial charge >= 0.3 is 35.5 Å². The number of Topliss-reactive ketones (excluding diaryl/α,β-unsaturated/α-hetero) is 2. The van der Waals surface area contributed by atoms with E-state index in [1.54, 1.807) is 83.3 Å². The Bertz CT molecular complexity index is 3610. The number of imidazole rings is 1. The van der Waals surface area contributed by atoms with Crippen LogP contribution in [-0.4, -0.2) is 205 Å². The number of aliphatic carboxylic acids is 2. The molecule has 538 valence electrons. The van der Waals surface area contributed by atoms with Gasteiger partial charge in [0.05, 0.1) is 30.7 Å². The number of likely N-dealkylation sites (tertiary alicyclic amines) is 5. The fourth-order valence-electron chi connectivity index (χ4n) is 10.3. The fourth-order valence-corrected chi connectivity index (χ4v) is 10.7. The second-order valence-electron chi connectivity index (χ2n) is 23.7. The summed E-state index contributed by atoms with van der Waals surface area (Å²) in [4.78, 5) is 148. The number of rotatable bonds is 17. The molecule has 6 amide bonds. The van der Waals surface area contributed by atoms with Crippen LogP contribution < -0.4 is 55.2 Å². The molecule has 5 aromatic rings. The van der Waals surface area contributed by atoms with Crippen molar-refractivity contribution in [1.82, 2.24) is 48.8 Å². The van der Waals surface area contributed by atoms with E-state index in [1.807, 2.05) is 13.1 Å². The van der Waals surface area contributed by atoms with Crippen molar-refractivity contribution in [3.63, 3.8) is 0 Å². The first kappa shape index (κ1) is 84.0. The first-order chi connectivity index (χ1) is 46.8. The summed E-state index contributed by atoms with van der Waals surface area (Å²) in [6, 6.07) is 11.1. The molecule has 5 unspecified atom stereocenters. The minimum atomic E-state index is -2.77. The number of anilines is 2. The number of fused-ring (bicyclic) bond motifs is 1. The molecule has 10 heterocycles. The molecule has 5 aromatic heterocycles. The molecule has 0 spiro atoms. The van der Waals surface area contributed by atoms with Gasteiger partial charge in [-0.2, -0.15) is 0 Å². The number of carboxylic acids is 2. The van der Waals surface area contributed by atoms with E-state index in [0.29, 0.717) is 106 Å². The van der Waals surface area contributed by atoms with Gasteiger partial charge in [0, 0.05) is 172 Å². The largest absolute Gasteiger partial charge is 1.00 e. The molecular weight excluding hydrogens is 1370 g/mol. The Morgan fingerprint density at radius 1 is 0.640 bits per heavy atom. The van der Waals surface area contributed by atoms with Crippen molar-refractivity contribution in [3.8, 4) is 11.5 Å². The minimum Gasteiger partial charge on any atom is -0.550 e. The van der Waals surface area contributed by atoms with Crippen molar-refractivity contribution in [1.29, 1.82) is 0 Å². The van der Waals surface area contributed by atoms with Gasteiger partial charge < -0.3 is 64.4 Å². The number of nitrogens with zero attached hydrogens (tertiary/aromatic N) is 10. The van der Waals surface area contributed by atoms with Gasteiger partial charge in [-0.15, -0.1) is 11.6 Å². The molecule has 100 heavy (non-hydrogen) atoms. The van der Waals surface area contributed by atoms with E-state index in [9.17, 15) is 75.4 Å². The van der Waals surface area contributed by atoms with Gasteiger partial charge in [-0.05, 0) is 81.8 Å². The van der Waals surface area contributed by atoms with Crippen LogP contribution in [0.1, 0.15) is 140 Å². The number of pyridine rings is 4. The fraction of sp³-hybridized carbons (Fsp3) is 0.500. The number of hydrogen-bond donors (Lipinski definition) is 3. The van der Waals surface area contributed by atoms with E-state index in [1.165, 1.54) is 48.7 Å². The molecule has 5 saturated heterocycles. The molecule has 0 aromatic carbocycles. The monoisotopic (exact) mass is 1450 g/mol. The van der Waals surface area contributed by atoms with Gasteiger partial charge in [0.15, 0.2) is 11.6 Å². The Hall–Kier alpha value is -8.39. The summed E-state index contributed by atoms with van der Waals surface area (Å²) in [6.07, 6.45) is 4.03. The van der Waals surface area contributed by atoms with Gasteiger partial charge in [-0.25, -0.2) is 37.5 Å². The van der Waals surface area contributed by atoms with Crippen LogP contribution in [0.5, 0.6) is 11.5 Å². The van der Waals surface area contributed by atoms with Crippen molar-refractivity contribution in [2.75, 3.05) is 98.1 Å². The van der Waals surface area contributed by atoms with Gasteiger partial charge in [0.2, 0.25) is 34.8 Å². The molecule has 5 aliphatic rings. The van der Waals surface area contributed by atoms with E-state index in [-0.39, 0.29) is 137 Å². The molecule has 0 saturated carbocycles. The average molecular weight is 1450 g/mol. The van der Waals surface area contributed by atoms with E-state index in [2.05, 4.69) is 25.3 Å². The van der Waals surface area contributed by atoms with Crippen molar-refractivity contribution in [2.24, 2.45) is 23.7 Å². The molecule has 5 atom stereocenters. The van der Waals surface area contributed by atoms with Gasteiger partial charge in [-0.1, -0.05) is 12.1 Å². The number of nitrogens with one attached hydrogen (secondary N) is 1. The molecular formula is C66H81Cl2F4N12NaO15. The van der Waals surface area contributed by atoms with E-state index >= 15 is 0 Å². The summed E-state index contributed by atoms with van der Waals surface area (Å²) >= 11 is 10.7. The SMILES string of the molecule is CCOc1cc(N)ncc1CC(=O)c1cccc(C(F)F)n1.CCOc1cc2nc(C3CCN(C)C(=O)C3)cn2cc1NC(=O)c1cccc(C(F)F)n1.CN1CCC(C(=O)CCl)CC1=O.CN1CCC(C(=O)Cl)CC1=O.CN1CCC(C(=O)O)CC1=O.CN1CCC(C(=O)[O-])CC1=O.[Na+]. The van der Waals surface area contributed by atoms with Crippen molar-refractivity contribution in [2.45, 2.75) is 103 Å². The molecule has 34 heteroatoms. The predicted molar refractivity (Wildman–Crippen MR) is 351 cm³/mol. The van der Waals surface area contributed by atoms with Crippen LogP contribution in [0, 0.1) is 23.7 Å². The zero-order valence-corrected chi connectivity index (χ0v) is 60.3. The molecule has 5 aliphatic heterocycles. The van der Waals surface area contributed by atoms with Gasteiger partial charge in [0.25, 0.3) is 18.8 Å². The third kappa shape index (κ3) is 25.7. The maximum Gasteiger partial charge on any atom is 1.00 e. The maximum absolute atomic E-state index is 12.9. The zero-order valence-electron chi connectivity index (χ0n) is 56.8. The first-order valence-corrected chi connectivity index (χ1v) is 32.5. The molecule has 0 radical (unpaired) electrons. The number of alkyl halides is 5. The molecule has 5 fully saturated rings. The van der Waals surface area contributed by atoms with Crippen molar-refractivity contribution >= 4 is 105 Å². The van der Waals surface area contributed by atoms with Crippen LogP contribution in [0.2, 0.25) is 0 Å². The Balaban J connectivity index is 0.000000271. The smallest absolute Gasteiger partial charge is 0.550 e. The third-order valence-corrected chi connectivity index (χ3v) is 17.1. The number of carboxylic acid groups (broad SMARTS) is 2. The standard InChI is InChI=1S/C22H23F2N5O3.C15H15F2N3O2.C8H12ClNO2.C7H10ClNO2.2C7H11NO3.Na/c1-3-32-18-10-19-26-16(13-7-8-28(2)20(30)9-13)11-29(19)12-17(18)27-22(31)15-6-4-5-14(25-15)21(23)24;1-2-22-13-7-14(18)19-8-9(13)6-12(21)10-4-3-5-11(20-10)15(16)17;1-10-3-2-6(4-8(10)12)7(11)5-9;1-9-3-2-5(7(8)11)4-6(9)10;2*1-8-3-2-5(7(10)11)4-6(8)9;/h4-6,10-13,21H,3,7-9H2,1-2H3,(H,27,31);3-5,7-8,15H,2,6H2,1H3,(H2,18,19);6H,2-5H2,1H3;5H,2-4H2,1H3;2*5H,2-4H2,1H3,(H,10,11);/q;;;;;;+1/p-1. The number of halogens is 6. The van der Waals surface area contributed by atoms with Crippen LogP contribution in [0.4, 0.5) is 29.1 Å². The average Bonchev–Trinajstić information content (AvgIpc) is 1.63. The van der Waals surface area contributed by atoms with Gasteiger partial charge in [-0.3, -0.25) is 47.9 Å². The van der Waals surface area contributed by atoms with Crippen molar-refractivity contribution in [3.05, 3.63) is 101 Å². The summed E-state index contributed by atoms with van der Waals surface area (Å²) in [5.41, 5.74) is 6.85. The van der Waals surface area contributed by atoms with E-state index in [4.69, 9.17) is 43.5 Å². The Labute approximate surface area is 607 Å². The number of ether oxygens (including phenoxy) is 2. The number of hydrogen-bond acceptors (Lipinski definition) is 19. The summed E-state index contributed by atoms with van der Waals surface area (Å²) in [6.45, 7) is 7.45. The Morgan fingerprint density at radius 2 is 1.10 bits per heavy atom. The Kier molecular flexibility index (Phi) is 34.2. The molecule has 27 nitrogen and oxygen atoms in total. The second-order valence-corrected chi connectivity index (χ2v) is 24.3. The van der Waals surface area contributed by atoms with Crippen LogP contribution >= 0.6 is 23.2 Å². The predicted octanol–water partition coefficient (Wildman–Crippen LogP) is 3.31. The van der Waals surface area contributed by atoms with Crippen LogP contribution in [0.25, 0.3) is 5.65 Å². The Morgan fingerprint density at radius 3 is 1.59 bits per heavy atom. The number of nitrogens with two attached hydrogens (primary N) is 1. The molecule has 10 rings (SSSR count). The number of carbonyl (C=O) groups excluding carboxylic acids is 10. The molecule has 4 N–H and O–H groups in total. The van der Waals surface area contributed by atoms with Crippen molar-refractivity contribution < 1.29 is 120 Å². The molecule has 0 aliphatic carbocycles. The van der Waals surface area contributed by atoms with Crippen LogP contribution in [-0.2, 0) is 49.6 Å². The second kappa shape index (κ2) is 40.8. The summed E-state index contributed by atoms with van der Waals surface area (Å²) < 4.78 is 63.9. The number of aromatic nitrogens is 5. The number of piperidine rings is 5. The topological polar surface area (TPSA) is 360 Å². The van der Waals surface area contributed by atoms with E-state index in [0.717, 1.165) is 18.5 Å². The summed E-state index contributed by atoms with van der Waals surface area (Å²) in [7, 11) is 8.65. The first-order valence-electron chi connectivity index (χ1n) is 31.6.